The molecular formula is C15H22NO+. The van der Waals surface area contributed by atoms with Crippen LogP contribution in [0.5, 0.6) is 0 Å². The molecule has 2 nitrogen and oxygen atoms in total. The average molecular weight is 232 g/mol. The number of benzene rings is 1. The van der Waals surface area contributed by atoms with Gasteiger partial charge in [0.15, 0.2) is 0 Å². The van der Waals surface area contributed by atoms with Crippen LogP contribution >= 0.6 is 0 Å². The Hall–Kier alpha value is -0.860. The van der Waals surface area contributed by atoms with Crippen molar-refractivity contribution < 1.29 is 9.22 Å². The van der Waals surface area contributed by atoms with Crippen LogP contribution in [0.25, 0.3) is 0 Å². The standard InChI is InChI=1S/C15H22NO/c1-17-15-12-16(9-7-14(15)8-10-16)11-13-5-3-2-4-6-13/h2-6,14-15H,7-12H2,1H3/q+1/t14?,15-,16?/m0/s1. The fourth-order valence-corrected chi connectivity index (χ4v) is 3.68. The molecule has 92 valence electrons. The highest BCUT2D eigenvalue weighted by Crippen LogP contribution is 2.36. The van der Waals surface area contributed by atoms with E-state index in [1.807, 2.05) is 7.11 Å². The second kappa shape index (κ2) is 4.43. The van der Waals surface area contributed by atoms with E-state index in [4.69, 9.17) is 4.74 Å². The fraction of sp³-hybridized carbons (Fsp3) is 0.600. The Morgan fingerprint density at radius 2 is 1.88 bits per heavy atom. The molecule has 0 unspecified atom stereocenters. The predicted octanol–water partition coefficient (Wildman–Crippen LogP) is 2.44. The van der Waals surface area contributed by atoms with Gasteiger partial charge in [0.25, 0.3) is 0 Å². The number of nitrogens with zero attached hydrogens (tertiary/aromatic N) is 1. The zero-order chi connectivity index (χ0) is 11.7. The van der Waals surface area contributed by atoms with Gasteiger partial charge in [-0.25, -0.2) is 0 Å². The van der Waals surface area contributed by atoms with Crippen LogP contribution in [0, 0.1) is 5.92 Å². The molecule has 1 aromatic rings. The lowest BCUT2D eigenvalue weighted by molar-refractivity contribution is -0.958. The van der Waals surface area contributed by atoms with Crippen molar-refractivity contribution in [2.75, 3.05) is 26.7 Å². The van der Waals surface area contributed by atoms with E-state index in [1.54, 1.807) is 0 Å². The molecule has 3 fully saturated rings. The summed E-state index contributed by atoms with van der Waals surface area (Å²) in [6, 6.07) is 10.9. The molecule has 0 spiro atoms. The topological polar surface area (TPSA) is 9.23 Å². The van der Waals surface area contributed by atoms with Gasteiger partial charge in [0.2, 0.25) is 0 Å². The van der Waals surface area contributed by atoms with E-state index in [0.717, 1.165) is 5.92 Å². The molecule has 3 heterocycles. The van der Waals surface area contributed by atoms with Crippen molar-refractivity contribution in [1.82, 2.24) is 0 Å². The summed E-state index contributed by atoms with van der Waals surface area (Å²) < 4.78 is 6.92. The summed E-state index contributed by atoms with van der Waals surface area (Å²) in [7, 11) is 1.88. The highest BCUT2D eigenvalue weighted by atomic mass is 16.5. The van der Waals surface area contributed by atoms with Gasteiger partial charge in [-0.3, -0.25) is 0 Å². The third-order valence-corrected chi connectivity index (χ3v) is 4.71. The van der Waals surface area contributed by atoms with E-state index in [2.05, 4.69) is 30.3 Å². The van der Waals surface area contributed by atoms with E-state index in [9.17, 15) is 0 Å². The first-order valence-corrected chi connectivity index (χ1v) is 6.73. The molecule has 2 heteroatoms. The largest absolute Gasteiger partial charge is 0.375 e. The minimum atomic E-state index is 0.501. The maximum absolute atomic E-state index is 5.67. The summed E-state index contributed by atoms with van der Waals surface area (Å²) in [6.07, 6.45) is 3.21. The van der Waals surface area contributed by atoms with Gasteiger partial charge in [0, 0.05) is 31.4 Å². The molecule has 17 heavy (non-hydrogen) atoms. The third-order valence-electron chi connectivity index (χ3n) is 4.71. The van der Waals surface area contributed by atoms with Gasteiger partial charge in [-0.1, -0.05) is 30.3 Å². The highest BCUT2D eigenvalue weighted by molar-refractivity contribution is 5.13. The van der Waals surface area contributed by atoms with Gasteiger partial charge in [-0.05, 0) is 0 Å². The van der Waals surface area contributed by atoms with E-state index in [-0.39, 0.29) is 0 Å². The zero-order valence-corrected chi connectivity index (χ0v) is 10.6. The predicted molar refractivity (Wildman–Crippen MR) is 68.5 cm³/mol. The van der Waals surface area contributed by atoms with E-state index in [0.29, 0.717) is 6.10 Å². The number of methoxy groups -OCH3 is 1. The van der Waals surface area contributed by atoms with E-state index >= 15 is 0 Å². The van der Waals surface area contributed by atoms with E-state index < -0.39 is 0 Å². The third kappa shape index (κ3) is 2.12. The van der Waals surface area contributed by atoms with Crippen molar-refractivity contribution in [2.45, 2.75) is 25.5 Å². The van der Waals surface area contributed by atoms with Crippen LogP contribution in [-0.4, -0.2) is 37.3 Å². The van der Waals surface area contributed by atoms with Crippen LogP contribution in [0.3, 0.4) is 0 Å². The van der Waals surface area contributed by atoms with Crippen LogP contribution in [0.15, 0.2) is 30.3 Å². The number of hydrogen-bond donors (Lipinski definition) is 0. The first kappa shape index (κ1) is 11.2. The van der Waals surface area contributed by atoms with Crippen LogP contribution in [0.4, 0.5) is 0 Å². The molecule has 0 aliphatic carbocycles. The molecule has 3 aliphatic rings. The molecule has 0 saturated carbocycles. The molecule has 0 amide bonds. The molecule has 0 aromatic heterocycles. The first-order chi connectivity index (χ1) is 8.31. The smallest absolute Gasteiger partial charge is 0.109 e. The lowest BCUT2D eigenvalue weighted by Crippen LogP contribution is -2.63. The molecule has 4 rings (SSSR count). The first-order valence-electron chi connectivity index (χ1n) is 6.73. The summed E-state index contributed by atoms with van der Waals surface area (Å²) >= 11 is 0. The zero-order valence-electron chi connectivity index (χ0n) is 10.6. The maximum atomic E-state index is 5.67. The van der Waals surface area contributed by atoms with Crippen LogP contribution in [0.2, 0.25) is 0 Å². The van der Waals surface area contributed by atoms with Gasteiger partial charge in [-0.15, -0.1) is 0 Å². The number of fused-ring (bicyclic) bond motifs is 3. The van der Waals surface area contributed by atoms with Crippen molar-refractivity contribution in [3.8, 4) is 0 Å². The highest BCUT2D eigenvalue weighted by Gasteiger charge is 2.45. The second-order valence-electron chi connectivity index (χ2n) is 5.73. The Labute approximate surface area is 104 Å². The minimum Gasteiger partial charge on any atom is -0.375 e. The molecule has 0 N–H and O–H groups in total. The number of quaternary nitrogens is 1. The number of hydrogen-bond acceptors (Lipinski definition) is 1. The lowest BCUT2D eigenvalue weighted by Gasteiger charge is -2.52. The number of rotatable bonds is 3. The van der Waals surface area contributed by atoms with Crippen molar-refractivity contribution in [1.29, 1.82) is 0 Å². The monoisotopic (exact) mass is 232 g/mol. The maximum Gasteiger partial charge on any atom is 0.109 e. The van der Waals surface area contributed by atoms with Crippen molar-refractivity contribution in [2.24, 2.45) is 5.92 Å². The summed E-state index contributed by atoms with van der Waals surface area (Å²) in [6.45, 7) is 5.10. The van der Waals surface area contributed by atoms with Crippen LogP contribution < -0.4 is 0 Å². The number of ether oxygens (including phenoxy) is 1. The molecule has 1 aromatic carbocycles. The Bertz CT molecular complexity index is 368. The Morgan fingerprint density at radius 3 is 2.53 bits per heavy atom. The fourth-order valence-electron chi connectivity index (χ4n) is 3.68. The van der Waals surface area contributed by atoms with E-state index in [1.165, 1.54) is 49.1 Å². The quantitative estimate of drug-likeness (QED) is 0.727. The van der Waals surface area contributed by atoms with Gasteiger partial charge in [0.1, 0.15) is 19.2 Å². The Kier molecular flexibility index (Phi) is 2.93. The Morgan fingerprint density at radius 1 is 1.18 bits per heavy atom. The molecule has 0 radical (unpaired) electrons. The number of piperidine rings is 3. The van der Waals surface area contributed by atoms with Crippen molar-refractivity contribution in [3.05, 3.63) is 35.9 Å². The molecule has 3 saturated heterocycles. The van der Waals surface area contributed by atoms with Crippen LogP contribution in [-0.2, 0) is 11.3 Å². The molecule has 2 bridgehead atoms. The summed E-state index contributed by atoms with van der Waals surface area (Å²) in [5, 5.41) is 0. The average Bonchev–Trinajstić information content (AvgIpc) is 2.40. The normalized spacial score (nSPS) is 36.1. The summed E-state index contributed by atoms with van der Waals surface area (Å²) in [5.74, 6) is 0.829. The minimum absolute atomic E-state index is 0.501. The lowest BCUT2D eigenvalue weighted by atomic mass is 9.83. The van der Waals surface area contributed by atoms with Crippen molar-refractivity contribution in [3.63, 3.8) is 0 Å². The van der Waals surface area contributed by atoms with Gasteiger partial charge >= 0.3 is 0 Å². The Balaban J connectivity index is 1.77. The molecular weight excluding hydrogens is 210 g/mol. The summed E-state index contributed by atoms with van der Waals surface area (Å²) in [5.41, 5.74) is 1.47. The van der Waals surface area contributed by atoms with Crippen LogP contribution in [0.1, 0.15) is 18.4 Å². The molecule has 1 atom stereocenters. The van der Waals surface area contributed by atoms with Gasteiger partial charge < -0.3 is 9.22 Å². The SMILES string of the molecule is CO[C@H]1C[N+]2(Cc3ccccc3)CCC1CC2. The van der Waals surface area contributed by atoms with Gasteiger partial charge in [-0.2, -0.15) is 0 Å². The van der Waals surface area contributed by atoms with Gasteiger partial charge in [0.05, 0.1) is 13.1 Å². The summed E-state index contributed by atoms with van der Waals surface area (Å²) in [4.78, 5) is 0. The van der Waals surface area contributed by atoms with Crippen molar-refractivity contribution >= 4 is 0 Å². The second-order valence-corrected chi connectivity index (χ2v) is 5.73. The molecule has 3 aliphatic heterocycles.